The van der Waals surface area contributed by atoms with Gasteiger partial charge in [-0.15, -0.1) is 0 Å². The van der Waals surface area contributed by atoms with E-state index >= 15 is 0 Å². The maximum Gasteiger partial charge on any atom is 0.289 e. The standard InChI is InChI=1S/C18H18FN3O3.C2H6/c1-10-3-4-14(13(19)7-10)22-16-12-9-20-6-5-15(12)25-17(16)18(24)21-8-11(2)23;1-2/h3-7,9,11,22-23H,8H2,1-2H3,(H,21,24);1-2H3. The Hall–Kier alpha value is -2.93. The number of hydrogen-bond acceptors (Lipinski definition) is 5. The summed E-state index contributed by atoms with van der Waals surface area (Å²) in [6, 6.07) is 6.38. The van der Waals surface area contributed by atoms with Crippen molar-refractivity contribution in [3.05, 3.63) is 53.8 Å². The van der Waals surface area contributed by atoms with Crippen LogP contribution in [-0.2, 0) is 0 Å². The van der Waals surface area contributed by atoms with Gasteiger partial charge in [0, 0.05) is 18.9 Å². The number of carbonyl (C=O) groups is 1. The number of hydrogen-bond donors (Lipinski definition) is 3. The summed E-state index contributed by atoms with van der Waals surface area (Å²) in [4.78, 5) is 16.4. The summed E-state index contributed by atoms with van der Waals surface area (Å²) in [7, 11) is 0. The quantitative estimate of drug-likeness (QED) is 0.625. The summed E-state index contributed by atoms with van der Waals surface area (Å²) in [5.74, 6) is -0.940. The molecule has 7 heteroatoms. The van der Waals surface area contributed by atoms with Crippen LogP contribution in [0.25, 0.3) is 11.0 Å². The lowest BCUT2D eigenvalue weighted by molar-refractivity contribution is 0.0900. The highest BCUT2D eigenvalue weighted by Gasteiger charge is 2.22. The molecule has 0 aliphatic rings. The zero-order valence-electron chi connectivity index (χ0n) is 15.8. The second-order valence-electron chi connectivity index (χ2n) is 5.85. The van der Waals surface area contributed by atoms with E-state index < -0.39 is 17.8 Å². The number of aliphatic hydroxyl groups excluding tert-OH is 1. The number of nitrogens with one attached hydrogen (secondary N) is 2. The van der Waals surface area contributed by atoms with Crippen molar-refractivity contribution in [3.63, 3.8) is 0 Å². The Balaban J connectivity index is 0.00000126. The lowest BCUT2D eigenvalue weighted by atomic mass is 10.2. The molecule has 3 N–H and O–H groups in total. The van der Waals surface area contributed by atoms with Crippen LogP contribution >= 0.6 is 0 Å². The van der Waals surface area contributed by atoms with Crippen molar-refractivity contribution in [3.8, 4) is 0 Å². The molecule has 0 aliphatic carbocycles. The van der Waals surface area contributed by atoms with Crippen LogP contribution in [0.1, 0.15) is 36.9 Å². The van der Waals surface area contributed by atoms with Crippen LogP contribution in [0.4, 0.5) is 15.8 Å². The Kier molecular flexibility index (Phi) is 6.90. The van der Waals surface area contributed by atoms with Gasteiger partial charge in [0.05, 0.1) is 17.2 Å². The molecule has 0 fully saturated rings. The predicted molar refractivity (Wildman–Crippen MR) is 104 cm³/mol. The molecule has 2 aromatic heterocycles. The minimum atomic E-state index is -0.694. The molecule has 0 saturated heterocycles. The van der Waals surface area contributed by atoms with E-state index in [1.54, 1.807) is 44.4 Å². The summed E-state index contributed by atoms with van der Waals surface area (Å²) in [5, 5.41) is 15.4. The number of aryl methyl sites for hydroxylation is 1. The minimum Gasteiger partial charge on any atom is -0.448 e. The zero-order valence-corrected chi connectivity index (χ0v) is 15.8. The lowest BCUT2D eigenvalue weighted by Gasteiger charge is -2.10. The van der Waals surface area contributed by atoms with E-state index in [2.05, 4.69) is 15.6 Å². The van der Waals surface area contributed by atoms with Crippen LogP contribution in [0.5, 0.6) is 0 Å². The number of halogens is 1. The van der Waals surface area contributed by atoms with Gasteiger partial charge >= 0.3 is 0 Å². The average Bonchev–Trinajstić information content (AvgIpc) is 3.02. The third-order valence-corrected chi connectivity index (χ3v) is 3.64. The van der Waals surface area contributed by atoms with E-state index in [4.69, 9.17) is 4.42 Å². The fraction of sp³-hybridized carbons (Fsp3) is 0.300. The van der Waals surface area contributed by atoms with Gasteiger partial charge in [-0.1, -0.05) is 19.9 Å². The first kappa shape index (κ1) is 20.4. The van der Waals surface area contributed by atoms with Crippen molar-refractivity contribution in [1.82, 2.24) is 10.3 Å². The Labute approximate surface area is 157 Å². The third kappa shape index (κ3) is 4.83. The fourth-order valence-electron chi connectivity index (χ4n) is 2.40. The van der Waals surface area contributed by atoms with E-state index in [9.17, 15) is 14.3 Å². The van der Waals surface area contributed by atoms with Gasteiger partial charge in [-0.25, -0.2) is 4.39 Å². The number of aliphatic hydroxyl groups is 1. The van der Waals surface area contributed by atoms with Crippen LogP contribution in [0.3, 0.4) is 0 Å². The largest absolute Gasteiger partial charge is 0.448 e. The minimum absolute atomic E-state index is 0.00336. The van der Waals surface area contributed by atoms with Gasteiger partial charge in [0.15, 0.2) is 0 Å². The summed E-state index contributed by atoms with van der Waals surface area (Å²) in [6.07, 6.45) is 2.39. The highest BCUT2D eigenvalue weighted by atomic mass is 19.1. The van der Waals surface area contributed by atoms with Crippen LogP contribution in [0.15, 0.2) is 41.1 Å². The normalized spacial score (nSPS) is 11.5. The molecule has 2 heterocycles. The van der Waals surface area contributed by atoms with Crippen molar-refractivity contribution in [1.29, 1.82) is 0 Å². The Morgan fingerprint density at radius 3 is 2.74 bits per heavy atom. The first-order valence-corrected chi connectivity index (χ1v) is 8.81. The fourth-order valence-corrected chi connectivity index (χ4v) is 2.40. The van der Waals surface area contributed by atoms with Crippen molar-refractivity contribution >= 4 is 28.3 Å². The van der Waals surface area contributed by atoms with Gasteiger partial charge in [0.1, 0.15) is 17.1 Å². The molecule has 1 atom stereocenters. The molecule has 27 heavy (non-hydrogen) atoms. The third-order valence-electron chi connectivity index (χ3n) is 3.64. The lowest BCUT2D eigenvalue weighted by Crippen LogP contribution is -2.30. The molecule has 3 rings (SSSR count). The maximum atomic E-state index is 14.2. The van der Waals surface area contributed by atoms with Crippen molar-refractivity contribution in [2.75, 3.05) is 11.9 Å². The summed E-state index contributed by atoms with van der Waals surface area (Å²) in [6.45, 7) is 7.43. The molecule has 3 aromatic rings. The van der Waals surface area contributed by atoms with E-state index in [1.807, 2.05) is 13.8 Å². The number of nitrogens with zero attached hydrogens (tertiary/aromatic N) is 1. The Bertz CT molecular complexity index is 922. The molecule has 1 amide bonds. The van der Waals surface area contributed by atoms with Crippen LogP contribution in [-0.4, -0.2) is 28.6 Å². The van der Waals surface area contributed by atoms with Gasteiger partial charge in [-0.05, 0) is 37.6 Å². The molecule has 1 aromatic carbocycles. The summed E-state index contributed by atoms with van der Waals surface area (Å²) >= 11 is 0. The van der Waals surface area contributed by atoms with Crippen molar-refractivity contribution in [2.24, 2.45) is 0 Å². The molecule has 0 saturated carbocycles. The van der Waals surface area contributed by atoms with Gasteiger partial charge in [-0.3, -0.25) is 9.78 Å². The molecule has 144 valence electrons. The maximum absolute atomic E-state index is 14.2. The van der Waals surface area contributed by atoms with Crippen molar-refractivity contribution in [2.45, 2.75) is 33.8 Å². The molecule has 0 aliphatic heterocycles. The number of pyridine rings is 1. The predicted octanol–water partition coefficient (Wildman–Crippen LogP) is 4.16. The molecular weight excluding hydrogens is 349 g/mol. The molecule has 0 bridgehead atoms. The molecule has 6 nitrogen and oxygen atoms in total. The number of benzene rings is 1. The van der Waals surface area contributed by atoms with E-state index in [0.717, 1.165) is 5.56 Å². The molecule has 1 unspecified atom stereocenters. The molecular formula is C20H24FN3O3. The van der Waals surface area contributed by atoms with E-state index in [-0.39, 0.29) is 18.0 Å². The van der Waals surface area contributed by atoms with Gasteiger partial charge in [-0.2, -0.15) is 0 Å². The highest BCUT2D eigenvalue weighted by molar-refractivity contribution is 6.07. The monoisotopic (exact) mass is 373 g/mol. The first-order chi connectivity index (χ1) is 13.0. The number of amides is 1. The van der Waals surface area contributed by atoms with Gasteiger partial charge in [0.25, 0.3) is 5.91 Å². The van der Waals surface area contributed by atoms with Crippen LogP contribution in [0.2, 0.25) is 0 Å². The Morgan fingerprint density at radius 1 is 1.33 bits per heavy atom. The second-order valence-corrected chi connectivity index (χ2v) is 5.85. The summed E-state index contributed by atoms with van der Waals surface area (Å²) in [5.41, 5.74) is 1.79. The number of rotatable bonds is 5. The number of aromatic nitrogens is 1. The topological polar surface area (TPSA) is 87.4 Å². The number of furan rings is 1. The van der Waals surface area contributed by atoms with E-state index in [0.29, 0.717) is 16.7 Å². The average molecular weight is 373 g/mol. The van der Waals surface area contributed by atoms with Gasteiger partial charge in [0.2, 0.25) is 5.76 Å². The molecule has 0 radical (unpaired) electrons. The second kappa shape index (κ2) is 9.14. The Morgan fingerprint density at radius 2 is 2.07 bits per heavy atom. The van der Waals surface area contributed by atoms with Crippen molar-refractivity contribution < 1.29 is 18.7 Å². The van der Waals surface area contributed by atoms with Crippen LogP contribution < -0.4 is 10.6 Å². The van der Waals surface area contributed by atoms with Gasteiger partial charge < -0.3 is 20.2 Å². The SMILES string of the molecule is CC.Cc1ccc(Nc2c(C(=O)NCC(C)O)oc3ccncc23)c(F)c1. The highest BCUT2D eigenvalue weighted by Crippen LogP contribution is 2.33. The zero-order chi connectivity index (χ0) is 20.0. The summed E-state index contributed by atoms with van der Waals surface area (Å²) < 4.78 is 19.8. The number of fused-ring (bicyclic) bond motifs is 1. The molecule has 0 spiro atoms. The van der Waals surface area contributed by atoms with Crippen LogP contribution in [0, 0.1) is 12.7 Å². The first-order valence-electron chi connectivity index (χ1n) is 8.81. The van der Waals surface area contributed by atoms with E-state index in [1.165, 1.54) is 6.07 Å². The number of anilines is 2. The number of carbonyl (C=O) groups excluding carboxylic acids is 1. The smallest absolute Gasteiger partial charge is 0.289 e.